The van der Waals surface area contributed by atoms with Gasteiger partial charge in [0.1, 0.15) is 0 Å². The summed E-state index contributed by atoms with van der Waals surface area (Å²) in [6.07, 6.45) is 5.52. The van der Waals surface area contributed by atoms with Gasteiger partial charge in [-0.1, -0.05) is 0 Å². The van der Waals surface area contributed by atoms with Gasteiger partial charge in [0.25, 0.3) is 5.56 Å². The monoisotopic (exact) mass is 309 g/mol. The Morgan fingerprint density at radius 1 is 1.29 bits per heavy atom. The molecular formula is C13H19N5O2S. The molecule has 3 rings (SSSR count). The summed E-state index contributed by atoms with van der Waals surface area (Å²) < 4.78 is 2.47. The Hall–Kier alpha value is -1.70. The predicted octanol–water partition coefficient (Wildman–Crippen LogP) is 0.656. The Bertz CT molecular complexity index is 790. The molecule has 2 aromatic heterocycles. The summed E-state index contributed by atoms with van der Waals surface area (Å²) in [6, 6.07) is 0.365. The number of imidazole rings is 1. The van der Waals surface area contributed by atoms with E-state index in [1.54, 1.807) is 7.05 Å². The molecular weight excluding hydrogens is 290 g/mol. The maximum Gasteiger partial charge on any atom is 0.332 e. The van der Waals surface area contributed by atoms with E-state index in [0.717, 1.165) is 17.4 Å². The largest absolute Gasteiger partial charge is 0.353 e. The molecule has 1 aliphatic carbocycles. The maximum absolute atomic E-state index is 12.1. The molecule has 1 saturated carbocycles. The minimum atomic E-state index is -0.367. The van der Waals surface area contributed by atoms with Gasteiger partial charge in [0, 0.05) is 25.4 Å². The topological polar surface area (TPSA) is 84.7 Å². The summed E-state index contributed by atoms with van der Waals surface area (Å²) in [7, 11) is 3.09. The first-order chi connectivity index (χ1) is 10.0. The third-order valence-corrected chi connectivity index (χ3v) is 5.25. The van der Waals surface area contributed by atoms with E-state index in [2.05, 4.69) is 21.5 Å². The van der Waals surface area contributed by atoms with Crippen LogP contribution in [0.4, 0.5) is 5.95 Å². The zero-order chi connectivity index (χ0) is 15.1. The third kappa shape index (κ3) is 2.37. The summed E-state index contributed by atoms with van der Waals surface area (Å²) in [4.78, 5) is 31.4. The van der Waals surface area contributed by atoms with Crippen molar-refractivity contribution < 1.29 is 0 Å². The van der Waals surface area contributed by atoms with Gasteiger partial charge in [-0.05, 0) is 25.5 Å². The number of aromatic amines is 1. The van der Waals surface area contributed by atoms with Crippen LogP contribution in [0.2, 0.25) is 0 Å². The number of fused-ring (bicyclic) bond motifs is 1. The number of hydrogen-bond donors (Lipinski definition) is 2. The van der Waals surface area contributed by atoms with E-state index in [1.807, 2.05) is 11.8 Å². The van der Waals surface area contributed by atoms with Gasteiger partial charge in [-0.15, -0.1) is 0 Å². The molecule has 0 spiro atoms. The van der Waals surface area contributed by atoms with E-state index in [9.17, 15) is 9.59 Å². The lowest BCUT2D eigenvalue weighted by Crippen LogP contribution is -2.36. The van der Waals surface area contributed by atoms with Crippen molar-refractivity contribution in [1.82, 2.24) is 19.1 Å². The highest BCUT2D eigenvalue weighted by molar-refractivity contribution is 7.99. The van der Waals surface area contributed by atoms with Gasteiger partial charge in [0.15, 0.2) is 11.2 Å². The highest BCUT2D eigenvalue weighted by atomic mass is 32.2. The summed E-state index contributed by atoms with van der Waals surface area (Å²) >= 11 is 1.89. The first-order valence-corrected chi connectivity index (χ1v) is 8.25. The molecule has 2 atom stereocenters. The van der Waals surface area contributed by atoms with E-state index < -0.39 is 0 Å². The quantitative estimate of drug-likeness (QED) is 0.870. The molecule has 0 amide bonds. The van der Waals surface area contributed by atoms with Crippen molar-refractivity contribution in [2.24, 2.45) is 14.1 Å². The minimum Gasteiger partial charge on any atom is -0.353 e. The first-order valence-electron chi connectivity index (χ1n) is 6.96. The molecule has 2 aromatic rings. The molecule has 2 heterocycles. The Morgan fingerprint density at radius 2 is 2.05 bits per heavy atom. The van der Waals surface area contributed by atoms with Crippen LogP contribution in [-0.4, -0.2) is 36.6 Å². The molecule has 1 aliphatic rings. The molecule has 0 aliphatic heterocycles. The van der Waals surface area contributed by atoms with Gasteiger partial charge in [0.2, 0.25) is 5.95 Å². The lowest BCUT2D eigenvalue weighted by atomic mass is 10.2. The van der Waals surface area contributed by atoms with Crippen molar-refractivity contribution in [3.63, 3.8) is 0 Å². The normalized spacial score (nSPS) is 22.0. The highest BCUT2D eigenvalue weighted by Crippen LogP contribution is 2.29. The molecule has 21 heavy (non-hydrogen) atoms. The van der Waals surface area contributed by atoms with Crippen LogP contribution in [-0.2, 0) is 14.1 Å². The van der Waals surface area contributed by atoms with Crippen LogP contribution in [0.15, 0.2) is 9.59 Å². The fraction of sp³-hybridized carbons (Fsp3) is 0.615. The van der Waals surface area contributed by atoms with Crippen LogP contribution in [0.5, 0.6) is 0 Å². The van der Waals surface area contributed by atoms with Crippen molar-refractivity contribution >= 4 is 28.9 Å². The Labute approximate surface area is 125 Å². The molecule has 1 fully saturated rings. The van der Waals surface area contributed by atoms with Crippen molar-refractivity contribution in [3.8, 4) is 0 Å². The zero-order valence-electron chi connectivity index (χ0n) is 12.3. The average Bonchev–Trinajstić information content (AvgIpc) is 3.10. The lowest BCUT2D eigenvalue weighted by Gasteiger charge is -2.10. The van der Waals surface area contributed by atoms with E-state index in [1.165, 1.54) is 18.0 Å². The highest BCUT2D eigenvalue weighted by Gasteiger charge is 2.25. The van der Waals surface area contributed by atoms with Crippen LogP contribution < -0.4 is 16.6 Å². The van der Waals surface area contributed by atoms with Crippen LogP contribution in [0.1, 0.15) is 19.3 Å². The number of hydrogen-bond acceptors (Lipinski definition) is 5. The second-order valence-electron chi connectivity index (χ2n) is 5.50. The van der Waals surface area contributed by atoms with Crippen molar-refractivity contribution in [2.75, 3.05) is 11.6 Å². The Balaban J connectivity index is 1.95. The lowest BCUT2D eigenvalue weighted by molar-refractivity contribution is 0.708. The second-order valence-corrected chi connectivity index (χ2v) is 6.64. The van der Waals surface area contributed by atoms with E-state index >= 15 is 0 Å². The van der Waals surface area contributed by atoms with Crippen molar-refractivity contribution in [2.45, 2.75) is 30.6 Å². The Kier molecular flexibility index (Phi) is 3.56. The minimum absolute atomic E-state index is 0.345. The predicted molar refractivity (Wildman–Crippen MR) is 85.1 cm³/mol. The molecule has 0 bridgehead atoms. The van der Waals surface area contributed by atoms with Crippen molar-refractivity contribution in [1.29, 1.82) is 0 Å². The number of aromatic nitrogens is 4. The molecule has 0 saturated heterocycles. The summed E-state index contributed by atoms with van der Waals surface area (Å²) in [5.74, 6) is 0.565. The first kappa shape index (κ1) is 14.2. The fourth-order valence-corrected chi connectivity index (χ4v) is 3.67. The summed E-state index contributed by atoms with van der Waals surface area (Å²) in [5.41, 5.74) is 0.0439. The molecule has 2 N–H and O–H groups in total. The second kappa shape index (κ2) is 5.25. The smallest absolute Gasteiger partial charge is 0.332 e. The number of H-pyrrole nitrogens is 1. The van der Waals surface area contributed by atoms with Gasteiger partial charge in [0.05, 0.1) is 0 Å². The standard InChI is InChI=1S/C13H19N5O2S/c1-17-10-9(11(19)18(2)13(17)20)15-12(16-10)14-7-4-5-8(6-7)21-3/h7-8H,4-6H2,1-3H3,(H2,14,15,16). The van der Waals surface area contributed by atoms with E-state index in [4.69, 9.17) is 0 Å². The SMILES string of the molecule is CSC1CCC(Nc2nc3c([nH]2)c(=O)n(C)c(=O)n3C)C1. The fourth-order valence-electron chi connectivity index (χ4n) is 2.87. The number of thioether (sulfide) groups is 1. The van der Waals surface area contributed by atoms with Gasteiger partial charge >= 0.3 is 5.69 Å². The molecule has 7 nitrogen and oxygen atoms in total. The van der Waals surface area contributed by atoms with E-state index in [0.29, 0.717) is 28.4 Å². The number of aryl methyl sites for hydroxylation is 1. The van der Waals surface area contributed by atoms with Gasteiger partial charge in [-0.25, -0.2) is 4.79 Å². The molecule has 114 valence electrons. The zero-order valence-corrected chi connectivity index (χ0v) is 13.2. The maximum atomic E-state index is 12.1. The average molecular weight is 309 g/mol. The van der Waals surface area contributed by atoms with Gasteiger partial charge in [-0.3, -0.25) is 13.9 Å². The number of anilines is 1. The van der Waals surface area contributed by atoms with Crippen LogP contribution in [0.25, 0.3) is 11.2 Å². The molecule has 0 aromatic carbocycles. The van der Waals surface area contributed by atoms with Crippen LogP contribution in [0, 0.1) is 0 Å². The van der Waals surface area contributed by atoms with E-state index in [-0.39, 0.29) is 11.2 Å². The molecule has 8 heteroatoms. The number of nitrogens with zero attached hydrogens (tertiary/aromatic N) is 3. The van der Waals surface area contributed by atoms with Crippen LogP contribution in [0.3, 0.4) is 0 Å². The number of rotatable bonds is 3. The number of nitrogens with one attached hydrogen (secondary N) is 2. The summed E-state index contributed by atoms with van der Waals surface area (Å²) in [5, 5.41) is 4.03. The Morgan fingerprint density at radius 3 is 2.71 bits per heavy atom. The molecule has 2 unspecified atom stereocenters. The molecule has 0 radical (unpaired) electrons. The van der Waals surface area contributed by atoms with Crippen molar-refractivity contribution in [3.05, 3.63) is 20.8 Å². The van der Waals surface area contributed by atoms with Gasteiger partial charge < -0.3 is 10.3 Å². The van der Waals surface area contributed by atoms with Gasteiger partial charge in [-0.2, -0.15) is 16.7 Å². The summed E-state index contributed by atoms with van der Waals surface area (Å²) in [6.45, 7) is 0. The van der Waals surface area contributed by atoms with Crippen LogP contribution >= 0.6 is 11.8 Å². The third-order valence-electron chi connectivity index (χ3n) is 4.15.